The average Bonchev–Trinajstić information content (AvgIpc) is 2.79. The highest BCUT2D eigenvalue weighted by molar-refractivity contribution is 5.93. The molecule has 3 aromatic carbocycles. The quantitative estimate of drug-likeness (QED) is 0.273. The van der Waals surface area contributed by atoms with Crippen molar-refractivity contribution in [2.24, 2.45) is 0 Å². The van der Waals surface area contributed by atoms with Crippen molar-refractivity contribution in [2.75, 3.05) is 6.61 Å². The first kappa shape index (κ1) is 22.2. The van der Waals surface area contributed by atoms with Crippen LogP contribution in [-0.4, -0.2) is 24.8 Å². The number of carbonyl (C=O) groups is 2. The molecule has 6 heteroatoms. The molecule has 160 valence electrons. The van der Waals surface area contributed by atoms with Crippen molar-refractivity contribution < 1.29 is 28.5 Å². The van der Waals surface area contributed by atoms with Gasteiger partial charge < -0.3 is 18.9 Å². The SMILES string of the molecule is CC(=O)Oc1ccccc1C(=O)OCC(OCc1ccccc1)OCc1ccccc1. The first-order valence-electron chi connectivity index (χ1n) is 9.87. The molecule has 0 aromatic heterocycles. The number of benzene rings is 3. The molecule has 0 atom stereocenters. The van der Waals surface area contributed by atoms with E-state index in [4.69, 9.17) is 18.9 Å². The lowest BCUT2D eigenvalue weighted by Crippen LogP contribution is -2.25. The second-order valence-corrected chi connectivity index (χ2v) is 6.71. The fraction of sp³-hybridized carbons (Fsp3) is 0.200. The summed E-state index contributed by atoms with van der Waals surface area (Å²) < 4.78 is 22.2. The third-order valence-corrected chi connectivity index (χ3v) is 4.27. The summed E-state index contributed by atoms with van der Waals surface area (Å²) in [6.07, 6.45) is -0.773. The number of ether oxygens (including phenoxy) is 4. The number of carbonyl (C=O) groups excluding carboxylic acids is 2. The molecule has 0 N–H and O–H groups in total. The van der Waals surface area contributed by atoms with E-state index in [-0.39, 0.29) is 17.9 Å². The van der Waals surface area contributed by atoms with E-state index < -0.39 is 18.2 Å². The first-order valence-corrected chi connectivity index (χ1v) is 9.87. The summed E-state index contributed by atoms with van der Waals surface area (Å²) in [5, 5.41) is 0. The zero-order chi connectivity index (χ0) is 21.9. The zero-order valence-electron chi connectivity index (χ0n) is 17.2. The van der Waals surface area contributed by atoms with Crippen LogP contribution in [0.2, 0.25) is 0 Å². The van der Waals surface area contributed by atoms with Gasteiger partial charge in [-0.2, -0.15) is 0 Å². The highest BCUT2D eigenvalue weighted by atomic mass is 16.7. The molecule has 0 spiro atoms. The summed E-state index contributed by atoms with van der Waals surface area (Å²) in [6, 6.07) is 25.7. The van der Waals surface area contributed by atoms with E-state index in [1.807, 2.05) is 60.7 Å². The monoisotopic (exact) mass is 420 g/mol. The maximum absolute atomic E-state index is 12.6. The molecule has 0 amide bonds. The van der Waals surface area contributed by atoms with Gasteiger partial charge in [-0.05, 0) is 23.3 Å². The Morgan fingerprint density at radius 3 is 1.81 bits per heavy atom. The number of rotatable bonds is 10. The molecule has 0 heterocycles. The molecule has 0 aliphatic heterocycles. The minimum absolute atomic E-state index is 0.118. The maximum atomic E-state index is 12.6. The van der Waals surface area contributed by atoms with Crippen molar-refractivity contribution in [3.63, 3.8) is 0 Å². The number of para-hydroxylation sites is 1. The molecule has 0 radical (unpaired) electrons. The maximum Gasteiger partial charge on any atom is 0.342 e. The van der Waals surface area contributed by atoms with E-state index in [1.165, 1.54) is 19.1 Å². The van der Waals surface area contributed by atoms with Crippen molar-refractivity contribution in [1.82, 2.24) is 0 Å². The summed E-state index contributed by atoms with van der Waals surface area (Å²) in [4.78, 5) is 23.9. The number of esters is 2. The second kappa shape index (κ2) is 11.6. The minimum Gasteiger partial charge on any atom is -0.457 e. The van der Waals surface area contributed by atoms with Gasteiger partial charge in [0.1, 0.15) is 17.9 Å². The lowest BCUT2D eigenvalue weighted by atomic mass is 10.2. The Labute approximate surface area is 181 Å². The van der Waals surface area contributed by atoms with Gasteiger partial charge in [0.2, 0.25) is 0 Å². The highest BCUT2D eigenvalue weighted by Gasteiger charge is 2.18. The van der Waals surface area contributed by atoms with Gasteiger partial charge in [-0.25, -0.2) is 4.79 Å². The Hall–Kier alpha value is -3.48. The summed E-state index contributed by atoms with van der Waals surface area (Å²) >= 11 is 0. The smallest absolute Gasteiger partial charge is 0.342 e. The van der Waals surface area contributed by atoms with E-state index in [2.05, 4.69) is 0 Å². The van der Waals surface area contributed by atoms with Gasteiger partial charge in [-0.1, -0.05) is 72.8 Å². The molecule has 0 saturated heterocycles. The molecule has 0 bridgehead atoms. The average molecular weight is 420 g/mol. The summed E-state index contributed by atoms with van der Waals surface area (Å²) in [5.41, 5.74) is 2.10. The Morgan fingerprint density at radius 1 is 0.742 bits per heavy atom. The summed E-state index contributed by atoms with van der Waals surface area (Å²) in [7, 11) is 0. The van der Waals surface area contributed by atoms with Gasteiger partial charge in [0.05, 0.1) is 13.2 Å². The fourth-order valence-electron chi connectivity index (χ4n) is 2.77. The normalized spacial score (nSPS) is 10.6. The van der Waals surface area contributed by atoms with Crippen LogP contribution in [0.4, 0.5) is 0 Å². The van der Waals surface area contributed by atoms with Gasteiger partial charge in [0.25, 0.3) is 0 Å². The van der Waals surface area contributed by atoms with Crippen LogP contribution >= 0.6 is 0 Å². The summed E-state index contributed by atoms with van der Waals surface area (Å²) in [6.45, 7) is 1.77. The van der Waals surface area contributed by atoms with E-state index in [1.54, 1.807) is 12.1 Å². The van der Waals surface area contributed by atoms with Crippen LogP contribution in [0.5, 0.6) is 5.75 Å². The minimum atomic E-state index is -0.773. The first-order chi connectivity index (χ1) is 15.1. The summed E-state index contributed by atoms with van der Waals surface area (Å²) in [5.74, 6) is -1.00. The Bertz CT molecular complexity index is 928. The number of hydrogen-bond donors (Lipinski definition) is 0. The van der Waals surface area contributed by atoms with Crippen molar-refractivity contribution in [3.05, 3.63) is 102 Å². The third-order valence-electron chi connectivity index (χ3n) is 4.27. The Kier molecular flexibility index (Phi) is 8.34. The molecule has 6 nitrogen and oxygen atoms in total. The molecular formula is C25H24O6. The van der Waals surface area contributed by atoms with E-state index >= 15 is 0 Å². The van der Waals surface area contributed by atoms with Crippen molar-refractivity contribution in [1.29, 1.82) is 0 Å². The van der Waals surface area contributed by atoms with E-state index in [9.17, 15) is 9.59 Å². The second-order valence-electron chi connectivity index (χ2n) is 6.71. The van der Waals surface area contributed by atoms with Crippen LogP contribution in [0.25, 0.3) is 0 Å². The van der Waals surface area contributed by atoms with E-state index in [0.29, 0.717) is 13.2 Å². The fourth-order valence-corrected chi connectivity index (χ4v) is 2.77. The van der Waals surface area contributed by atoms with Crippen LogP contribution in [0.15, 0.2) is 84.9 Å². The lowest BCUT2D eigenvalue weighted by Gasteiger charge is -2.19. The van der Waals surface area contributed by atoms with Crippen molar-refractivity contribution >= 4 is 11.9 Å². The molecule has 3 aromatic rings. The van der Waals surface area contributed by atoms with Gasteiger partial charge in [-0.15, -0.1) is 0 Å². The molecule has 0 aliphatic rings. The topological polar surface area (TPSA) is 71.1 Å². The molecular weight excluding hydrogens is 396 g/mol. The standard InChI is InChI=1S/C25H24O6/c1-19(26)31-23-15-9-8-14-22(23)25(27)30-18-24(28-16-20-10-4-2-5-11-20)29-17-21-12-6-3-7-13-21/h2-15,24H,16-18H2,1H3. The molecule has 0 unspecified atom stereocenters. The molecule has 0 fully saturated rings. The highest BCUT2D eigenvalue weighted by Crippen LogP contribution is 2.19. The Balaban J connectivity index is 1.63. The third kappa shape index (κ3) is 7.37. The van der Waals surface area contributed by atoms with Gasteiger partial charge in [0, 0.05) is 6.92 Å². The molecule has 3 rings (SSSR count). The van der Waals surface area contributed by atoms with Crippen molar-refractivity contribution in [2.45, 2.75) is 26.4 Å². The van der Waals surface area contributed by atoms with Crippen molar-refractivity contribution in [3.8, 4) is 5.75 Å². The van der Waals surface area contributed by atoms with Crippen LogP contribution in [0.3, 0.4) is 0 Å². The van der Waals surface area contributed by atoms with Crippen LogP contribution < -0.4 is 4.74 Å². The van der Waals surface area contributed by atoms with Gasteiger partial charge >= 0.3 is 11.9 Å². The largest absolute Gasteiger partial charge is 0.457 e. The van der Waals surface area contributed by atoms with Crippen LogP contribution in [0.1, 0.15) is 28.4 Å². The van der Waals surface area contributed by atoms with Crippen LogP contribution in [-0.2, 0) is 32.2 Å². The molecule has 0 saturated carbocycles. The molecule has 0 aliphatic carbocycles. The van der Waals surface area contributed by atoms with E-state index in [0.717, 1.165) is 11.1 Å². The van der Waals surface area contributed by atoms with Gasteiger partial charge in [-0.3, -0.25) is 4.79 Å². The van der Waals surface area contributed by atoms with Gasteiger partial charge in [0.15, 0.2) is 6.29 Å². The zero-order valence-corrected chi connectivity index (χ0v) is 17.2. The molecule has 31 heavy (non-hydrogen) atoms. The lowest BCUT2D eigenvalue weighted by molar-refractivity contribution is -0.176. The predicted molar refractivity (Wildman–Crippen MR) is 114 cm³/mol. The van der Waals surface area contributed by atoms with Crippen LogP contribution in [0, 0.1) is 0 Å². The Morgan fingerprint density at radius 2 is 1.26 bits per heavy atom. The predicted octanol–water partition coefficient (Wildman–Crippen LogP) is 4.53. The number of hydrogen-bond acceptors (Lipinski definition) is 6.